The molecule has 0 amide bonds. The average molecular weight is 231 g/mol. The highest BCUT2D eigenvalue weighted by Gasteiger charge is 2.38. The minimum atomic E-state index is -0.174. The first-order chi connectivity index (χ1) is 6.59. The van der Waals surface area contributed by atoms with Crippen LogP contribution in [-0.2, 0) is 0 Å². The summed E-state index contributed by atoms with van der Waals surface area (Å²) in [5, 5.41) is 10.8. The van der Waals surface area contributed by atoms with Gasteiger partial charge in [-0.2, -0.15) is 0 Å². The van der Waals surface area contributed by atoms with Gasteiger partial charge in [0.15, 0.2) is 0 Å². The summed E-state index contributed by atoms with van der Waals surface area (Å²) >= 11 is 11.9. The Morgan fingerprint density at radius 2 is 2.07 bits per heavy atom. The maximum atomic E-state index is 9.42. The zero-order chi connectivity index (χ0) is 10.3. The zero-order valence-corrected chi connectivity index (χ0v) is 9.39. The molecule has 1 nitrogen and oxygen atoms in total. The van der Waals surface area contributed by atoms with Gasteiger partial charge in [-0.3, -0.25) is 0 Å². The molecule has 14 heavy (non-hydrogen) atoms. The fourth-order valence-corrected chi connectivity index (χ4v) is 2.52. The molecule has 0 spiro atoms. The highest BCUT2D eigenvalue weighted by atomic mass is 35.5. The number of halogens is 2. The van der Waals surface area contributed by atoms with E-state index in [2.05, 4.69) is 0 Å². The van der Waals surface area contributed by atoms with Crippen molar-refractivity contribution < 1.29 is 5.11 Å². The summed E-state index contributed by atoms with van der Waals surface area (Å²) in [5.41, 5.74) is 1.11. The van der Waals surface area contributed by atoms with Crippen molar-refractivity contribution in [2.24, 2.45) is 5.92 Å². The van der Waals surface area contributed by atoms with Crippen molar-refractivity contribution >= 4 is 23.2 Å². The highest BCUT2D eigenvalue weighted by Crippen LogP contribution is 2.45. The van der Waals surface area contributed by atoms with Crippen molar-refractivity contribution in [1.29, 1.82) is 0 Å². The van der Waals surface area contributed by atoms with Crippen LogP contribution in [0.4, 0.5) is 0 Å². The van der Waals surface area contributed by atoms with Gasteiger partial charge < -0.3 is 5.11 Å². The molecule has 1 aliphatic rings. The van der Waals surface area contributed by atoms with Gasteiger partial charge in [-0.1, -0.05) is 36.2 Å². The number of hydrogen-bond acceptors (Lipinski definition) is 1. The summed E-state index contributed by atoms with van der Waals surface area (Å²) < 4.78 is 0. The Hall–Kier alpha value is -0.240. The van der Waals surface area contributed by atoms with Crippen LogP contribution < -0.4 is 0 Å². The molecule has 1 aliphatic carbocycles. The molecule has 3 heteroatoms. The highest BCUT2D eigenvalue weighted by molar-refractivity contribution is 6.35. The van der Waals surface area contributed by atoms with E-state index in [9.17, 15) is 5.11 Å². The zero-order valence-electron chi connectivity index (χ0n) is 7.87. The Morgan fingerprint density at radius 3 is 2.57 bits per heavy atom. The Bertz CT molecular complexity index is 351. The van der Waals surface area contributed by atoms with E-state index in [4.69, 9.17) is 23.2 Å². The molecule has 0 aliphatic heterocycles. The summed E-state index contributed by atoms with van der Waals surface area (Å²) in [6.45, 7) is 2.05. The second-order valence-corrected chi connectivity index (χ2v) is 4.78. The maximum Gasteiger partial charge on any atom is 0.0577 e. The van der Waals surface area contributed by atoms with Gasteiger partial charge in [0.2, 0.25) is 0 Å². The van der Waals surface area contributed by atoms with Gasteiger partial charge >= 0.3 is 0 Å². The van der Waals surface area contributed by atoms with Crippen molar-refractivity contribution in [2.75, 3.05) is 0 Å². The van der Waals surface area contributed by atoms with E-state index in [0.29, 0.717) is 21.9 Å². The molecule has 0 bridgehead atoms. The van der Waals surface area contributed by atoms with E-state index in [1.807, 2.05) is 19.1 Å². The lowest BCUT2D eigenvalue weighted by atomic mass is 9.69. The molecule has 1 aromatic rings. The van der Waals surface area contributed by atoms with Gasteiger partial charge in [-0.25, -0.2) is 0 Å². The molecule has 1 saturated carbocycles. The SMILES string of the molecule is CC1C(O)CC1c1ccc(Cl)cc1Cl. The molecule has 76 valence electrons. The number of benzene rings is 1. The van der Waals surface area contributed by atoms with Crippen LogP contribution in [0.5, 0.6) is 0 Å². The monoisotopic (exact) mass is 230 g/mol. The molecule has 3 atom stereocenters. The quantitative estimate of drug-likeness (QED) is 0.784. The van der Waals surface area contributed by atoms with Crippen LogP contribution in [0.1, 0.15) is 24.8 Å². The number of hydrogen-bond donors (Lipinski definition) is 1. The van der Waals surface area contributed by atoms with Crippen molar-refractivity contribution in [3.63, 3.8) is 0 Å². The first kappa shape index (κ1) is 10.3. The standard InChI is InChI=1S/C11H12Cl2O/c1-6-9(5-11(6)14)8-3-2-7(12)4-10(8)13/h2-4,6,9,11,14H,5H2,1H3. The molecule has 0 saturated heterocycles. The van der Waals surface area contributed by atoms with Gasteiger partial charge in [0.25, 0.3) is 0 Å². The van der Waals surface area contributed by atoms with Crippen molar-refractivity contribution in [3.05, 3.63) is 33.8 Å². The first-order valence-corrected chi connectivity index (χ1v) is 5.48. The third kappa shape index (κ3) is 1.65. The molecule has 3 unspecified atom stereocenters. The largest absolute Gasteiger partial charge is 0.393 e. The third-order valence-corrected chi connectivity index (χ3v) is 3.66. The van der Waals surface area contributed by atoms with Crippen LogP contribution in [-0.4, -0.2) is 11.2 Å². The minimum Gasteiger partial charge on any atom is -0.393 e. The second kappa shape index (κ2) is 3.73. The number of aliphatic hydroxyl groups is 1. The Labute approximate surface area is 93.7 Å². The molecule has 1 N–H and O–H groups in total. The van der Waals surface area contributed by atoms with E-state index < -0.39 is 0 Å². The van der Waals surface area contributed by atoms with Crippen molar-refractivity contribution in [3.8, 4) is 0 Å². The van der Waals surface area contributed by atoms with Crippen LogP contribution in [0.2, 0.25) is 10.0 Å². The first-order valence-electron chi connectivity index (χ1n) is 4.72. The lowest BCUT2D eigenvalue weighted by molar-refractivity contribution is 0.0117. The molecule has 1 fully saturated rings. The fourth-order valence-electron chi connectivity index (χ4n) is 1.97. The van der Waals surface area contributed by atoms with Crippen LogP contribution >= 0.6 is 23.2 Å². The van der Waals surface area contributed by atoms with E-state index in [-0.39, 0.29) is 6.10 Å². The number of aliphatic hydroxyl groups excluding tert-OH is 1. The predicted octanol–water partition coefficient (Wildman–Crippen LogP) is 3.48. The molecule has 1 aromatic carbocycles. The van der Waals surface area contributed by atoms with Crippen molar-refractivity contribution in [2.45, 2.75) is 25.4 Å². The fraction of sp³-hybridized carbons (Fsp3) is 0.455. The average Bonchev–Trinajstić information content (AvgIpc) is 2.15. The molecular weight excluding hydrogens is 219 g/mol. The van der Waals surface area contributed by atoms with Crippen LogP contribution in [0, 0.1) is 5.92 Å². The van der Waals surface area contributed by atoms with Gasteiger partial charge in [-0.15, -0.1) is 0 Å². The van der Waals surface area contributed by atoms with E-state index in [1.54, 1.807) is 6.07 Å². The Morgan fingerprint density at radius 1 is 1.36 bits per heavy atom. The summed E-state index contributed by atoms with van der Waals surface area (Å²) in [6, 6.07) is 5.56. The lowest BCUT2D eigenvalue weighted by Gasteiger charge is -2.40. The molecule has 0 radical (unpaired) electrons. The molecule has 0 aromatic heterocycles. The van der Waals surface area contributed by atoms with Gasteiger partial charge in [0, 0.05) is 10.0 Å². The van der Waals surface area contributed by atoms with Gasteiger partial charge in [-0.05, 0) is 36.0 Å². The molecule has 2 rings (SSSR count). The lowest BCUT2D eigenvalue weighted by Crippen LogP contribution is -2.37. The summed E-state index contributed by atoms with van der Waals surface area (Å²) in [4.78, 5) is 0. The Balaban J connectivity index is 2.25. The molecule has 0 heterocycles. The van der Waals surface area contributed by atoms with Gasteiger partial charge in [0.05, 0.1) is 6.10 Å². The van der Waals surface area contributed by atoms with Gasteiger partial charge in [0.1, 0.15) is 0 Å². The summed E-state index contributed by atoms with van der Waals surface area (Å²) in [5.74, 6) is 0.684. The predicted molar refractivity (Wildman–Crippen MR) is 59.0 cm³/mol. The maximum absolute atomic E-state index is 9.42. The van der Waals surface area contributed by atoms with Crippen LogP contribution in [0.3, 0.4) is 0 Å². The summed E-state index contributed by atoms with van der Waals surface area (Å²) in [7, 11) is 0. The summed E-state index contributed by atoms with van der Waals surface area (Å²) in [6.07, 6.45) is 0.634. The normalized spacial score (nSPS) is 31.3. The smallest absolute Gasteiger partial charge is 0.0577 e. The van der Waals surface area contributed by atoms with E-state index >= 15 is 0 Å². The topological polar surface area (TPSA) is 20.2 Å². The van der Waals surface area contributed by atoms with Crippen molar-refractivity contribution in [1.82, 2.24) is 0 Å². The minimum absolute atomic E-state index is 0.174. The van der Waals surface area contributed by atoms with Crippen LogP contribution in [0.15, 0.2) is 18.2 Å². The van der Waals surface area contributed by atoms with E-state index in [0.717, 1.165) is 12.0 Å². The number of rotatable bonds is 1. The third-order valence-electron chi connectivity index (χ3n) is 3.10. The van der Waals surface area contributed by atoms with Crippen LogP contribution in [0.25, 0.3) is 0 Å². The Kier molecular flexibility index (Phi) is 2.74. The molecular formula is C11H12Cl2O. The second-order valence-electron chi connectivity index (χ2n) is 3.93. The van der Waals surface area contributed by atoms with E-state index in [1.165, 1.54) is 0 Å².